The summed E-state index contributed by atoms with van der Waals surface area (Å²) in [7, 11) is 0. The van der Waals surface area contributed by atoms with Crippen LogP contribution in [-0.4, -0.2) is 60.9 Å². The standard InChI is InChI=1S/C21H23F2N5O4/c22-15-2-5-17(6-3-15)27-12-10-26(11-13-27)9-1-8-24-20(29)21(30)25-16-4-7-18(23)19(14-16)28(31)32/h2-7,14H,1,8-13H2,(H,24,29)(H,25,30). The average Bonchev–Trinajstić information content (AvgIpc) is 2.78. The molecule has 2 aromatic rings. The monoisotopic (exact) mass is 447 g/mol. The van der Waals surface area contributed by atoms with Gasteiger partial charge >= 0.3 is 17.5 Å². The van der Waals surface area contributed by atoms with Crippen LogP contribution >= 0.6 is 0 Å². The summed E-state index contributed by atoms with van der Waals surface area (Å²) in [6, 6.07) is 9.24. The Labute approximate surface area is 183 Å². The number of hydrogen-bond donors (Lipinski definition) is 2. The fourth-order valence-electron chi connectivity index (χ4n) is 3.38. The maximum atomic E-state index is 13.3. The van der Waals surface area contributed by atoms with E-state index in [1.165, 1.54) is 12.1 Å². The van der Waals surface area contributed by atoms with Crippen molar-refractivity contribution in [2.75, 3.05) is 49.5 Å². The molecule has 2 aromatic carbocycles. The van der Waals surface area contributed by atoms with Crippen LogP contribution in [-0.2, 0) is 9.59 Å². The minimum absolute atomic E-state index is 0.0442. The number of benzene rings is 2. The number of anilines is 2. The Bertz CT molecular complexity index is 979. The second-order valence-corrected chi connectivity index (χ2v) is 7.29. The SMILES string of the molecule is O=C(NCCCN1CCN(c2ccc(F)cc2)CC1)C(=O)Nc1ccc(F)c([N+](=O)[O-])c1. The third-order valence-electron chi connectivity index (χ3n) is 5.11. The molecule has 2 amide bonds. The lowest BCUT2D eigenvalue weighted by atomic mass is 10.2. The highest BCUT2D eigenvalue weighted by Gasteiger charge is 2.19. The van der Waals surface area contributed by atoms with Crippen LogP contribution in [0.1, 0.15) is 6.42 Å². The van der Waals surface area contributed by atoms with Crippen LogP contribution in [0, 0.1) is 21.7 Å². The zero-order valence-corrected chi connectivity index (χ0v) is 17.2. The number of rotatable bonds is 7. The Hall–Kier alpha value is -3.60. The lowest BCUT2D eigenvalue weighted by molar-refractivity contribution is -0.387. The van der Waals surface area contributed by atoms with Gasteiger partial charge in [-0.05, 0) is 49.4 Å². The molecule has 1 aliphatic heterocycles. The van der Waals surface area contributed by atoms with Crippen molar-refractivity contribution in [3.8, 4) is 0 Å². The highest BCUT2D eigenvalue weighted by molar-refractivity contribution is 6.39. The predicted octanol–water partition coefficient (Wildman–Crippen LogP) is 2.14. The van der Waals surface area contributed by atoms with Gasteiger partial charge in [0.2, 0.25) is 5.82 Å². The highest BCUT2D eigenvalue weighted by atomic mass is 19.1. The van der Waals surface area contributed by atoms with E-state index < -0.39 is 28.2 Å². The van der Waals surface area contributed by atoms with Gasteiger partial charge in [-0.3, -0.25) is 24.6 Å². The van der Waals surface area contributed by atoms with Gasteiger partial charge in [0.15, 0.2) is 0 Å². The van der Waals surface area contributed by atoms with Crippen LogP contribution < -0.4 is 15.5 Å². The molecule has 3 rings (SSSR count). The lowest BCUT2D eigenvalue weighted by Gasteiger charge is -2.36. The summed E-state index contributed by atoms with van der Waals surface area (Å²) >= 11 is 0. The first kappa shape index (κ1) is 23.1. The van der Waals surface area contributed by atoms with Gasteiger partial charge in [0.1, 0.15) is 5.82 Å². The fraction of sp³-hybridized carbons (Fsp3) is 0.333. The van der Waals surface area contributed by atoms with Gasteiger partial charge in [-0.25, -0.2) is 4.39 Å². The fourth-order valence-corrected chi connectivity index (χ4v) is 3.38. The van der Waals surface area contributed by atoms with Crippen LogP contribution in [0.25, 0.3) is 0 Å². The minimum atomic E-state index is -1.03. The van der Waals surface area contributed by atoms with E-state index in [1.54, 1.807) is 12.1 Å². The number of amides is 2. The summed E-state index contributed by atoms with van der Waals surface area (Å²) in [4.78, 5) is 38.1. The molecule has 11 heteroatoms. The first-order valence-corrected chi connectivity index (χ1v) is 10.1. The van der Waals surface area contributed by atoms with Crippen LogP contribution in [0.2, 0.25) is 0 Å². The van der Waals surface area contributed by atoms with E-state index in [0.717, 1.165) is 56.6 Å². The van der Waals surface area contributed by atoms with E-state index >= 15 is 0 Å². The Morgan fingerprint density at radius 3 is 2.34 bits per heavy atom. The van der Waals surface area contributed by atoms with Gasteiger partial charge in [-0.1, -0.05) is 0 Å². The number of hydrogen-bond acceptors (Lipinski definition) is 6. The Morgan fingerprint density at radius 1 is 1.00 bits per heavy atom. The molecule has 9 nitrogen and oxygen atoms in total. The van der Waals surface area contributed by atoms with E-state index in [4.69, 9.17) is 0 Å². The van der Waals surface area contributed by atoms with Crippen LogP contribution in [0.15, 0.2) is 42.5 Å². The molecule has 0 aliphatic carbocycles. The molecule has 1 aliphatic rings. The topological polar surface area (TPSA) is 108 Å². The predicted molar refractivity (Wildman–Crippen MR) is 114 cm³/mol. The molecule has 0 bridgehead atoms. The van der Waals surface area contributed by atoms with Crippen molar-refractivity contribution < 1.29 is 23.3 Å². The summed E-state index contributed by atoms with van der Waals surface area (Å²) in [6.07, 6.45) is 0.636. The largest absolute Gasteiger partial charge is 0.369 e. The summed E-state index contributed by atoms with van der Waals surface area (Å²) < 4.78 is 26.4. The zero-order valence-electron chi connectivity index (χ0n) is 17.2. The Morgan fingerprint density at radius 2 is 1.69 bits per heavy atom. The molecule has 0 radical (unpaired) electrons. The quantitative estimate of drug-likeness (QED) is 0.291. The minimum Gasteiger partial charge on any atom is -0.369 e. The molecule has 1 saturated heterocycles. The van der Waals surface area contributed by atoms with E-state index in [1.807, 2.05) is 0 Å². The van der Waals surface area contributed by atoms with Gasteiger partial charge in [-0.15, -0.1) is 0 Å². The molecular formula is C21H23F2N5O4. The van der Waals surface area contributed by atoms with Crippen molar-refractivity contribution in [2.24, 2.45) is 0 Å². The normalized spacial score (nSPS) is 14.1. The van der Waals surface area contributed by atoms with Crippen molar-refractivity contribution in [2.45, 2.75) is 6.42 Å². The summed E-state index contributed by atoms with van der Waals surface area (Å²) in [6.45, 7) is 4.30. The van der Waals surface area contributed by atoms with Crippen LogP contribution in [0.4, 0.5) is 25.8 Å². The van der Waals surface area contributed by atoms with Crippen molar-refractivity contribution in [1.29, 1.82) is 0 Å². The molecule has 32 heavy (non-hydrogen) atoms. The first-order chi connectivity index (χ1) is 15.3. The smallest absolute Gasteiger partial charge is 0.313 e. The van der Waals surface area contributed by atoms with Crippen LogP contribution in [0.3, 0.4) is 0 Å². The summed E-state index contributed by atoms with van der Waals surface area (Å²) in [5.74, 6) is -3.16. The average molecular weight is 447 g/mol. The number of nitro benzene ring substituents is 1. The molecule has 0 atom stereocenters. The van der Waals surface area contributed by atoms with Crippen molar-refractivity contribution in [1.82, 2.24) is 10.2 Å². The molecule has 0 unspecified atom stereocenters. The number of carbonyl (C=O) groups is 2. The molecule has 2 N–H and O–H groups in total. The van der Waals surface area contributed by atoms with Gasteiger partial charge in [0.25, 0.3) is 0 Å². The van der Waals surface area contributed by atoms with E-state index in [0.29, 0.717) is 6.42 Å². The van der Waals surface area contributed by atoms with Gasteiger partial charge in [-0.2, -0.15) is 4.39 Å². The molecule has 0 spiro atoms. The molecule has 0 saturated carbocycles. The molecule has 1 heterocycles. The number of halogens is 2. The third kappa shape index (κ3) is 6.20. The van der Waals surface area contributed by atoms with E-state index in [2.05, 4.69) is 20.4 Å². The molecule has 170 valence electrons. The molecular weight excluding hydrogens is 424 g/mol. The second-order valence-electron chi connectivity index (χ2n) is 7.29. The number of nitrogens with zero attached hydrogens (tertiary/aromatic N) is 3. The first-order valence-electron chi connectivity index (χ1n) is 10.1. The van der Waals surface area contributed by atoms with E-state index in [9.17, 15) is 28.5 Å². The number of carbonyl (C=O) groups excluding carboxylic acids is 2. The number of nitrogens with one attached hydrogen (secondary N) is 2. The lowest BCUT2D eigenvalue weighted by Crippen LogP contribution is -2.47. The highest BCUT2D eigenvalue weighted by Crippen LogP contribution is 2.21. The van der Waals surface area contributed by atoms with E-state index in [-0.39, 0.29) is 18.0 Å². The van der Waals surface area contributed by atoms with Gasteiger partial charge in [0, 0.05) is 50.2 Å². The maximum Gasteiger partial charge on any atom is 0.313 e. The molecule has 0 aromatic heterocycles. The van der Waals surface area contributed by atoms with Gasteiger partial charge in [0.05, 0.1) is 4.92 Å². The summed E-state index contributed by atoms with van der Waals surface area (Å²) in [5, 5.41) is 15.5. The van der Waals surface area contributed by atoms with Crippen molar-refractivity contribution >= 4 is 28.9 Å². The van der Waals surface area contributed by atoms with Gasteiger partial charge < -0.3 is 15.5 Å². The summed E-state index contributed by atoms with van der Waals surface area (Å²) in [5.41, 5.74) is 0.149. The van der Waals surface area contributed by atoms with Crippen molar-refractivity contribution in [3.05, 3.63) is 64.2 Å². The third-order valence-corrected chi connectivity index (χ3v) is 5.11. The number of piperazine rings is 1. The second kappa shape index (κ2) is 10.6. The molecule has 1 fully saturated rings. The van der Waals surface area contributed by atoms with Crippen LogP contribution in [0.5, 0.6) is 0 Å². The zero-order chi connectivity index (χ0) is 23.1. The Kier molecular flexibility index (Phi) is 7.66. The number of nitro groups is 1. The van der Waals surface area contributed by atoms with Crippen molar-refractivity contribution in [3.63, 3.8) is 0 Å². The Balaban J connectivity index is 1.35. The maximum absolute atomic E-state index is 13.3.